The van der Waals surface area contributed by atoms with Gasteiger partial charge in [-0.3, -0.25) is 14.5 Å². The number of hydrogen-bond acceptors (Lipinski definition) is 6. The Bertz CT molecular complexity index is 1050. The van der Waals surface area contributed by atoms with Crippen molar-refractivity contribution in [2.75, 3.05) is 10.2 Å². The number of thiocarbonyl (C=S) groups is 1. The number of carboxylic acids is 1. The molecule has 160 valence electrons. The second-order valence-electron chi connectivity index (χ2n) is 6.67. The lowest BCUT2D eigenvalue weighted by atomic mass is 10.2. The van der Waals surface area contributed by atoms with E-state index >= 15 is 0 Å². The summed E-state index contributed by atoms with van der Waals surface area (Å²) < 4.78 is 5.86. The summed E-state index contributed by atoms with van der Waals surface area (Å²) in [5.74, 6) is -0.982. The number of carbonyl (C=O) groups is 3. The van der Waals surface area contributed by atoms with Crippen LogP contribution in [0, 0.1) is 0 Å². The summed E-state index contributed by atoms with van der Waals surface area (Å²) >= 11 is 6.58. The summed E-state index contributed by atoms with van der Waals surface area (Å²) in [6, 6.07) is 13.7. The molecule has 2 N–H and O–H groups in total. The van der Waals surface area contributed by atoms with Crippen LogP contribution in [0.25, 0.3) is 6.08 Å². The van der Waals surface area contributed by atoms with Gasteiger partial charge in [-0.15, -0.1) is 0 Å². The molecule has 31 heavy (non-hydrogen) atoms. The first-order valence-corrected chi connectivity index (χ1v) is 10.7. The minimum Gasteiger partial charge on any atom is -0.479 e. The number of benzene rings is 2. The first kappa shape index (κ1) is 22.5. The van der Waals surface area contributed by atoms with Gasteiger partial charge in [0.2, 0.25) is 5.91 Å². The molecule has 2 aromatic rings. The molecule has 0 saturated carbocycles. The van der Waals surface area contributed by atoms with E-state index in [1.54, 1.807) is 61.5 Å². The van der Waals surface area contributed by atoms with Crippen molar-refractivity contribution in [3.8, 4) is 5.75 Å². The number of nitrogens with zero attached hydrogens (tertiary/aromatic N) is 1. The molecular weight excluding hydrogens is 436 g/mol. The Morgan fingerprint density at radius 2 is 1.84 bits per heavy atom. The van der Waals surface area contributed by atoms with Crippen LogP contribution in [0.3, 0.4) is 0 Å². The van der Waals surface area contributed by atoms with E-state index in [9.17, 15) is 14.4 Å². The Balaban J connectivity index is 1.74. The monoisotopic (exact) mass is 456 g/mol. The number of carbonyl (C=O) groups excluding carboxylic acids is 2. The van der Waals surface area contributed by atoms with E-state index < -0.39 is 12.1 Å². The molecule has 1 fully saturated rings. The normalized spacial score (nSPS) is 15.8. The molecule has 0 radical (unpaired) electrons. The summed E-state index contributed by atoms with van der Waals surface area (Å²) in [5, 5.41) is 11.8. The van der Waals surface area contributed by atoms with Crippen LogP contribution in [0.1, 0.15) is 25.8 Å². The second kappa shape index (κ2) is 9.76. The van der Waals surface area contributed by atoms with Gasteiger partial charge in [0.25, 0.3) is 5.91 Å². The number of aliphatic carboxylic acids is 1. The average molecular weight is 457 g/mol. The van der Waals surface area contributed by atoms with E-state index in [4.69, 9.17) is 22.1 Å². The van der Waals surface area contributed by atoms with Crippen LogP contribution in [-0.4, -0.2) is 33.3 Å². The number of ether oxygens (including phenoxy) is 1. The van der Waals surface area contributed by atoms with Crippen molar-refractivity contribution in [3.05, 3.63) is 59.0 Å². The highest BCUT2D eigenvalue weighted by Gasteiger charge is 2.33. The average Bonchev–Trinajstić information content (AvgIpc) is 3.00. The maximum absolute atomic E-state index is 12.9. The fraction of sp³-hybridized carbons (Fsp3) is 0.182. The van der Waals surface area contributed by atoms with Gasteiger partial charge in [-0.05, 0) is 54.5 Å². The predicted molar refractivity (Wildman–Crippen MR) is 125 cm³/mol. The zero-order valence-electron chi connectivity index (χ0n) is 16.8. The Kier molecular flexibility index (Phi) is 7.09. The van der Waals surface area contributed by atoms with Gasteiger partial charge in [-0.2, -0.15) is 0 Å². The minimum absolute atomic E-state index is 0.175. The van der Waals surface area contributed by atoms with Crippen molar-refractivity contribution in [2.45, 2.75) is 26.4 Å². The third-order valence-electron chi connectivity index (χ3n) is 4.34. The quantitative estimate of drug-likeness (QED) is 0.474. The molecule has 0 bridgehead atoms. The van der Waals surface area contributed by atoms with Crippen molar-refractivity contribution in [2.24, 2.45) is 0 Å². The SMILES string of the molecule is CCC(Oc1ccc(/C=C2/SC(=S)N(c3ccc(NC(C)=O)cc3)C2=O)cc1)C(=O)O. The van der Waals surface area contributed by atoms with Crippen molar-refractivity contribution < 1.29 is 24.2 Å². The fourth-order valence-electron chi connectivity index (χ4n) is 2.85. The number of hydrogen-bond donors (Lipinski definition) is 2. The Labute approximate surface area is 189 Å². The summed E-state index contributed by atoms with van der Waals surface area (Å²) in [5.41, 5.74) is 2.01. The fourth-order valence-corrected chi connectivity index (χ4v) is 4.15. The zero-order valence-corrected chi connectivity index (χ0v) is 18.5. The molecule has 0 spiro atoms. The third-order valence-corrected chi connectivity index (χ3v) is 5.64. The highest BCUT2D eigenvalue weighted by Crippen LogP contribution is 2.36. The molecule has 1 aliphatic heterocycles. The molecule has 9 heteroatoms. The van der Waals surface area contributed by atoms with Crippen LogP contribution < -0.4 is 15.0 Å². The van der Waals surface area contributed by atoms with E-state index in [-0.39, 0.29) is 11.8 Å². The first-order valence-electron chi connectivity index (χ1n) is 9.43. The zero-order chi connectivity index (χ0) is 22.5. The van der Waals surface area contributed by atoms with Crippen molar-refractivity contribution in [3.63, 3.8) is 0 Å². The van der Waals surface area contributed by atoms with Gasteiger partial charge in [0.15, 0.2) is 10.4 Å². The first-order chi connectivity index (χ1) is 14.8. The van der Waals surface area contributed by atoms with Gasteiger partial charge < -0.3 is 15.2 Å². The molecule has 1 aliphatic rings. The van der Waals surface area contributed by atoms with Crippen LogP contribution >= 0.6 is 24.0 Å². The van der Waals surface area contributed by atoms with Gasteiger partial charge >= 0.3 is 5.97 Å². The lowest BCUT2D eigenvalue weighted by Gasteiger charge is -2.15. The summed E-state index contributed by atoms with van der Waals surface area (Å²) in [4.78, 5) is 37.1. The van der Waals surface area contributed by atoms with Gasteiger partial charge in [0, 0.05) is 12.6 Å². The molecule has 3 rings (SSSR count). The number of carboxylic acid groups (broad SMARTS) is 1. The van der Waals surface area contributed by atoms with E-state index in [1.165, 1.54) is 23.6 Å². The van der Waals surface area contributed by atoms with E-state index in [2.05, 4.69) is 5.32 Å². The summed E-state index contributed by atoms with van der Waals surface area (Å²) in [7, 11) is 0. The summed E-state index contributed by atoms with van der Waals surface area (Å²) in [6.07, 6.45) is 1.17. The van der Waals surface area contributed by atoms with Gasteiger partial charge in [-0.25, -0.2) is 4.79 Å². The van der Waals surface area contributed by atoms with Crippen LogP contribution in [0.15, 0.2) is 53.4 Å². The number of amides is 2. The van der Waals surface area contributed by atoms with Crippen LogP contribution in [-0.2, 0) is 14.4 Å². The molecule has 2 amide bonds. The molecule has 1 saturated heterocycles. The highest BCUT2D eigenvalue weighted by atomic mass is 32.2. The van der Waals surface area contributed by atoms with Gasteiger partial charge in [-0.1, -0.05) is 43.0 Å². The number of anilines is 2. The van der Waals surface area contributed by atoms with Crippen molar-refractivity contribution >= 4 is 63.5 Å². The molecular formula is C22H20N2O5S2. The number of rotatable bonds is 7. The maximum atomic E-state index is 12.9. The molecule has 1 heterocycles. The smallest absolute Gasteiger partial charge is 0.344 e. The molecule has 0 aromatic heterocycles. The van der Waals surface area contributed by atoms with Gasteiger partial charge in [0.05, 0.1) is 10.6 Å². The predicted octanol–water partition coefficient (Wildman–Crippen LogP) is 4.29. The minimum atomic E-state index is -1.01. The maximum Gasteiger partial charge on any atom is 0.344 e. The van der Waals surface area contributed by atoms with Crippen molar-refractivity contribution in [1.29, 1.82) is 0 Å². The Morgan fingerprint density at radius 3 is 2.39 bits per heavy atom. The van der Waals surface area contributed by atoms with Crippen molar-refractivity contribution in [1.82, 2.24) is 0 Å². The standard InChI is InChI=1S/C22H20N2O5S2/c1-3-18(21(27)28)29-17-10-4-14(5-11-17)12-19-20(26)24(22(30)31-19)16-8-6-15(7-9-16)23-13(2)25/h4-12,18H,3H2,1-2H3,(H,23,25)(H,27,28)/b19-12+. The molecule has 0 aliphatic carbocycles. The van der Waals surface area contributed by atoms with Crippen LogP contribution in [0.2, 0.25) is 0 Å². The van der Waals surface area contributed by atoms with E-state index in [1.807, 2.05) is 0 Å². The van der Waals surface area contributed by atoms with E-state index in [0.29, 0.717) is 32.8 Å². The lowest BCUT2D eigenvalue weighted by Crippen LogP contribution is -2.27. The molecule has 1 atom stereocenters. The number of nitrogens with one attached hydrogen (secondary N) is 1. The molecule has 7 nitrogen and oxygen atoms in total. The lowest BCUT2D eigenvalue weighted by molar-refractivity contribution is -0.145. The number of thioether (sulfide) groups is 1. The highest BCUT2D eigenvalue weighted by molar-refractivity contribution is 8.27. The Hall–Kier alpha value is -3.17. The third kappa shape index (κ3) is 5.50. The molecule has 2 aromatic carbocycles. The Morgan fingerprint density at radius 1 is 1.19 bits per heavy atom. The van der Waals surface area contributed by atoms with Crippen LogP contribution in [0.5, 0.6) is 5.75 Å². The van der Waals surface area contributed by atoms with Crippen LogP contribution in [0.4, 0.5) is 11.4 Å². The topological polar surface area (TPSA) is 95.9 Å². The summed E-state index contributed by atoms with van der Waals surface area (Å²) in [6.45, 7) is 3.16. The van der Waals surface area contributed by atoms with Gasteiger partial charge in [0.1, 0.15) is 5.75 Å². The molecule has 1 unspecified atom stereocenters. The largest absolute Gasteiger partial charge is 0.479 e. The second-order valence-corrected chi connectivity index (χ2v) is 8.34. The van der Waals surface area contributed by atoms with E-state index in [0.717, 1.165) is 5.56 Å².